The Kier molecular flexibility index (Phi) is 4.71. The number of likely N-dealkylation sites (tertiary alicyclic amines) is 1. The number of thiocarbonyl (C=S) groups is 1. The number of aromatic nitrogens is 1. The molecule has 0 aliphatic carbocycles. The molecular weight excluding hydrogens is 256 g/mol. The molecule has 0 bridgehead atoms. The van der Waals surface area contributed by atoms with Crippen LogP contribution in [0.4, 0.5) is 5.82 Å². The summed E-state index contributed by atoms with van der Waals surface area (Å²) in [6.45, 7) is 5.57. The molecule has 4 nitrogen and oxygen atoms in total. The van der Waals surface area contributed by atoms with Crippen molar-refractivity contribution in [2.45, 2.75) is 25.8 Å². The van der Waals surface area contributed by atoms with Crippen molar-refractivity contribution in [1.82, 2.24) is 9.88 Å². The van der Waals surface area contributed by atoms with Gasteiger partial charge in [0, 0.05) is 19.6 Å². The van der Waals surface area contributed by atoms with Gasteiger partial charge in [-0.2, -0.15) is 0 Å². The third kappa shape index (κ3) is 3.42. The third-order valence-corrected chi connectivity index (χ3v) is 3.98. The second-order valence-corrected chi connectivity index (χ2v) is 5.49. The predicted octanol–water partition coefficient (Wildman–Crippen LogP) is 1.64. The largest absolute Gasteiger partial charge is 0.388 e. The average Bonchev–Trinajstić information content (AvgIpc) is 2.86. The Morgan fingerprint density at radius 2 is 2.37 bits per heavy atom. The molecule has 1 aromatic heterocycles. The lowest BCUT2D eigenvalue weighted by molar-refractivity contribution is 0.270. The minimum absolute atomic E-state index is 0.353. The van der Waals surface area contributed by atoms with Crippen LogP contribution in [0.15, 0.2) is 18.2 Å². The van der Waals surface area contributed by atoms with Crippen LogP contribution in [-0.2, 0) is 0 Å². The van der Waals surface area contributed by atoms with Gasteiger partial charge < -0.3 is 10.6 Å². The van der Waals surface area contributed by atoms with E-state index < -0.39 is 0 Å². The van der Waals surface area contributed by atoms with E-state index in [-0.39, 0.29) is 0 Å². The Hall–Kier alpha value is -1.20. The topological polar surface area (TPSA) is 45.4 Å². The number of hydrogen-bond donors (Lipinski definition) is 1. The summed E-state index contributed by atoms with van der Waals surface area (Å²) in [6.07, 6.45) is 2.57. The second-order valence-electron chi connectivity index (χ2n) is 5.05. The monoisotopic (exact) mass is 278 g/mol. The molecule has 0 radical (unpaired) electrons. The molecular formula is C14H22N4S. The Morgan fingerprint density at radius 1 is 1.58 bits per heavy atom. The molecule has 1 aliphatic rings. The molecule has 1 aromatic rings. The summed E-state index contributed by atoms with van der Waals surface area (Å²) in [7, 11) is 2.08. The Morgan fingerprint density at radius 3 is 3.05 bits per heavy atom. The molecule has 104 valence electrons. The van der Waals surface area contributed by atoms with Gasteiger partial charge in [0.1, 0.15) is 10.8 Å². The zero-order valence-electron chi connectivity index (χ0n) is 11.7. The molecule has 2 N–H and O–H groups in total. The van der Waals surface area contributed by atoms with Crippen LogP contribution in [0.3, 0.4) is 0 Å². The molecule has 0 spiro atoms. The van der Waals surface area contributed by atoms with Gasteiger partial charge in [-0.05, 0) is 38.1 Å². The maximum Gasteiger partial charge on any atom is 0.129 e. The van der Waals surface area contributed by atoms with Crippen molar-refractivity contribution >= 4 is 23.0 Å². The smallest absolute Gasteiger partial charge is 0.129 e. The van der Waals surface area contributed by atoms with E-state index in [2.05, 4.69) is 28.8 Å². The fourth-order valence-corrected chi connectivity index (χ4v) is 2.81. The van der Waals surface area contributed by atoms with Crippen LogP contribution in [0.25, 0.3) is 0 Å². The van der Waals surface area contributed by atoms with Crippen molar-refractivity contribution in [2.75, 3.05) is 31.6 Å². The quantitative estimate of drug-likeness (QED) is 0.830. The molecule has 0 amide bonds. The zero-order valence-corrected chi connectivity index (χ0v) is 12.5. The Labute approximate surface area is 120 Å². The number of pyridine rings is 1. The van der Waals surface area contributed by atoms with Crippen molar-refractivity contribution in [2.24, 2.45) is 5.73 Å². The van der Waals surface area contributed by atoms with Crippen LogP contribution in [0, 0.1) is 0 Å². The van der Waals surface area contributed by atoms with Gasteiger partial charge in [0.05, 0.1) is 5.69 Å². The number of likely N-dealkylation sites (N-methyl/N-ethyl adjacent to an activating group) is 2. The van der Waals surface area contributed by atoms with Crippen LogP contribution in [-0.4, -0.2) is 47.6 Å². The molecule has 1 unspecified atom stereocenters. The van der Waals surface area contributed by atoms with Gasteiger partial charge >= 0.3 is 0 Å². The molecule has 1 atom stereocenters. The van der Waals surface area contributed by atoms with Gasteiger partial charge in [-0.25, -0.2) is 4.98 Å². The van der Waals surface area contributed by atoms with Gasteiger partial charge in [-0.1, -0.05) is 25.2 Å². The summed E-state index contributed by atoms with van der Waals surface area (Å²) in [6, 6.07) is 6.45. The van der Waals surface area contributed by atoms with E-state index in [0.29, 0.717) is 16.7 Å². The lowest BCUT2D eigenvalue weighted by atomic mass is 10.2. The summed E-state index contributed by atoms with van der Waals surface area (Å²) >= 11 is 4.98. The zero-order chi connectivity index (χ0) is 13.8. The minimum atomic E-state index is 0.353. The Balaban J connectivity index is 2.05. The first-order valence-electron chi connectivity index (χ1n) is 6.84. The summed E-state index contributed by atoms with van der Waals surface area (Å²) in [5.74, 6) is 0.938. The highest BCUT2D eigenvalue weighted by molar-refractivity contribution is 7.80. The van der Waals surface area contributed by atoms with Crippen LogP contribution in [0.5, 0.6) is 0 Å². The average molecular weight is 278 g/mol. The van der Waals surface area contributed by atoms with E-state index in [1.807, 2.05) is 18.2 Å². The number of anilines is 1. The molecule has 2 heterocycles. The lowest BCUT2D eigenvalue weighted by Crippen LogP contribution is -2.39. The molecule has 1 fully saturated rings. The van der Waals surface area contributed by atoms with E-state index in [9.17, 15) is 0 Å². The van der Waals surface area contributed by atoms with Crippen molar-refractivity contribution in [3.8, 4) is 0 Å². The Bertz CT molecular complexity index is 449. The number of rotatable bonds is 5. The molecule has 5 heteroatoms. The minimum Gasteiger partial charge on any atom is -0.388 e. The van der Waals surface area contributed by atoms with Crippen LogP contribution in [0.2, 0.25) is 0 Å². The number of nitrogens with two attached hydrogens (primary N) is 1. The normalized spacial score (nSPS) is 19.6. The predicted molar refractivity (Wildman–Crippen MR) is 83.7 cm³/mol. The number of nitrogens with zero attached hydrogens (tertiary/aromatic N) is 3. The van der Waals surface area contributed by atoms with Gasteiger partial charge in [0.2, 0.25) is 0 Å². The first-order valence-corrected chi connectivity index (χ1v) is 7.24. The summed E-state index contributed by atoms with van der Waals surface area (Å²) in [5, 5.41) is 0. The highest BCUT2D eigenvalue weighted by Gasteiger charge is 2.24. The van der Waals surface area contributed by atoms with Crippen LogP contribution >= 0.6 is 12.2 Å². The van der Waals surface area contributed by atoms with Crippen molar-refractivity contribution in [3.63, 3.8) is 0 Å². The van der Waals surface area contributed by atoms with E-state index in [0.717, 1.165) is 18.9 Å². The van der Waals surface area contributed by atoms with E-state index >= 15 is 0 Å². The third-order valence-electron chi connectivity index (χ3n) is 3.77. The van der Waals surface area contributed by atoms with Crippen molar-refractivity contribution < 1.29 is 0 Å². The summed E-state index contributed by atoms with van der Waals surface area (Å²) in [5.41, 5.74) is 6.32. The maximum atomic E-state index is 5.63. The maximum absolute atomic E-state index is 5.63. The van der Waals surface area contributed by atoms with Crippen LogP contribution in [0.1, 0.15) is 25.5 Å². The van der Waals surface area contributed by atoms with E-state index in [1.165, 1.54) is 19.4 Å². The second kappa shape index (κ2) is 6.30. The van der Waals surface area contributed by atoms with Gasteiger partial charge in [-0.15, -0.1) is 0 Å². The van der Waals surface area contributed by atoms with Crippen molar-refractivity contribution in [3.05, 3.63) is 23.9 Å². The molecule has 1 saturated heterocycles. The highest BCUT2D eigenvalue weighted by Crippen LogP contribution is 2.19. The summed E-state index contributed by atoms with van der Waals surface area (Å²) < 4.78 is 0. The first kappa shape index (κ1) is 14.2. The standard InChI is InChI=1S/C14H22N4S/c1-3-18-9-5-6-11(18)10-17(2)13-8-4-7-12(16-13)14(15)19/h4,7-8,11H,3,5-6,9-10H2,1-2H3,(H2,15,19). The SMILES string of the molecule is CCN1CCCC1CN(C)c1cccc(C(N)=S)n1. The molecule has 19 heavy (non-hydrogen) atoms. The molecule has 1 aliphatic heterocycles. The van der Waals surface area contributed by atoms with Crippen LogP contribution < -0.4 is 10.6 Å². The molecule has 0 aromatic carbocycles. The molecule has 2 rings (SSSR count). The fourth-order valence-electron chi connectivity index (χ4n) is 2.70. The first-order chi connectivity index (χ1) is 9.11. The van der Waals surface area contributed by atoms with Gasteiger partial charge in [-0.3, -0.25) is 4.90 Å². The summed E-state index contributed by atoms with van der Waals surface area (Å²) in [4.78, 5) is 9.59. The van der Waals surface area contributed by atoms with E-state index in [4.69, 9.17) is 18.0 Å². The molecule has 0 saturated carbocycles. The lowest BCUT2D eigenvalue weighted by Gasteiger charge is -2.28. The number of hydrogen-bond acceptors (Lipinski definition) is 4. The fraction of sp³-hybridized carbons (Fsp3) is 0.571. The highest BCUT2D eigenvalue weighted by atomic mass is 32.1. The van der Waals surface area contributed by atoms with Gasteiger partial charge in [0.25, 0.3) is 0 Å². The van der Waals surface area contributed by atoms with E-state index in [1.54, 1.807) is 0 Å². The van der Waals surface area contributed by atoms with Crippen molar-refractivity contribution in [1.29, 1.82) is 0 Å². The van der Waals surface area contributed by atoms with Gasteiger partial charge in [0.15, 0.2) is 0 Å².